The third-order valence-corrected chi connectivity index (χ3v) is 7.13. The molecule has 0 radical (unpaired) electrons. The molecule has 0 aliphatic carbocycles. The van der Waals surface area contributed by atoms with E-state index in [1.807, 2.05) is 19.9 Å². The summed E-state index contributed by atoms with van der Waals surface area (Å²) in [5.74, 6) is -2.97. The monoisotopic (exact) mass is 650 g/mol. The van der Waals surface area contributed by atoms with Crippen molar-refractivity contribution in [2.75, 3.05) is 7.11 Å². The van der Waals surface area contributed by atoms with Crippen LogP contribution in [0.4, 0.5) is 0 Å². The number of unbranched alkanes of at least 4 members (excludes halogenated alkanes) is 3. The molecule has 16 nitrogen and oxygen atoms in total. The molecule has 1 aliphatic heterocycles. The number of aromatic carboxylic acids is 1. The lowest BCUT2D eigenvalue weighted by atomic mass is 9.98. The Kier molecular flexibility index (Phi) is 10.4. The van der Waals surface area contributed by atoms with Gasteiger partial charge in [0.1, 0.15) is 40.5 Å². The number of phenols is 2. The quantitative estimate of drug-likeness (QED) is 0.134. The van der Waals surface area contributed by atoms with Crippen molar-refractivity contribution < 1.29 is 43.9 Å². The molecule has 248 valence electrons. The maximum absolute atomic E-state index is 12.7. The van der Waals surface area contributed by atoms with E-state index in [4.69, 9.17) is 19.9 Å². The van der Waals surface area contributed by atoms with E-state index in [2.05, 4.69) is 15.3 Å². The van der Waals surface area contributed by atoms with Gasteiger partial charge in [0.05, 0.1) is 7.11 Å². The summed E-state index contributed by atoms with van der Waals surface area (Å²) < 4.78 is 18.9. The Balaban J connectivity index is 0.000000295. The molecule has 0 spiro atoms. The lowest BCUT2D eigenvalue weighted by Crippen LogP contribution is -2.27. The predicted octanol–water partition coefficient (Wildman–Crippen LogP) is 3.56. The molecule has 0 saturated carbocycles. The molecule has 0 atom stereocenters. The van der Waals surface area contributed by atoms with Gasteiger partial charge in [0.25, 0.3) is 5.91 Å². The molecule has 0 bridgehead atoms. The number of allylic oxidation sites excluding steroid dienone is 1. The van der Waals surface area contributed by atoms with Crippen LogP contribution >= 0.6 is 0 Å². The number of methoxy groups -OCH3 is 1. The number of imidazole rings is 1. The third-order valence-electron chi connectivity index (χ3n) is 7.13. The van der Waals surface area contributed by atoms with Gasteiger partial charge in [0, 0.05) is 30.3 Å². The fraction of sp³-hybridized carbons (Fsp3) is 0.323. The number of benzene rings is 2. The largest absolute Gasteiger partial charge is 0.507 e. The van der Waals surface area contributed by atoms with E-state index in [1.54, 1.807) is 6.07 Å². The van der Waals surface area contributed by atoms with E-state index in [-0.39, 0.29) is 46.0 Å². The zero-order valence-corrected chi connectivity index (χ0v) is 26.1. The predicted molar refractivity (Wildman–Crippen MR) is 166 cm³/mol. The van der Waals surface area contributed by atoms with Crippen LogP contribution in [0.25, 0.3) is 11.4 Å². The van der Waals surface area contributed by atoms with E-state index in [1.165, 1.54) is 26.6 Å². The number of fused-ring (bicyclic) bond motifs is 2. The number of primary amides is 1. The van der Waals surface area contributed by atoms with Gasteiger partial charge in [-0.25, -0.2) is 23.8 Å². The fourth-order valence-electron chi connectivity index (χ4n) is 4.82. The molecule has 0 saturated heterocycles. The number of esters is 1. The summed E-state index contributed by atoms with van der Waals surface area (Å²) in [5.41, 5.74) is 5.05. The van der Waals surface area contributed by atoms with E-state index in [0.29, 0.717) is 29.9 Å². The Hall–Kier alpha value is -5.93. The van der Waals surface area contributed by atoms with Gasteiger partial charge in [-0.1, -0.05) is 38.3 Å². The zero-order valence-electron chi connectivity index (χ0n) is 26.1. The van der Waals surface area contributed by atoms with Crippen molar-refractivity contribution in [3.8, 4) is 28.7 Å². The van der Waals surface area contributed by atoms with Gasteiger partial charge in [-0.05, 0) is 31.4 Å². The summed E-state index contributed by atoms with van der Waals surface area (Å²) >= 11 is 0. The van der Waals surface area contributed by atoms with Crippen molar-refractivity contribution in [2.24, 2.45) is 12.8 Å². The van der Waals surface area contributed by atoms with Crippen LogP contribution in [-0.4, -0.2) is 64.7 Å². The topological polar surface area (TPSA) is 231 Å². The molecule has 0 unspecified atom stereocenters. The Labute approximate surface area is 267 Å². The molecule has 1 aliphatic rings. The smallest absolute Gasteiger partial charge is 0.352 e. The molecule has 5 N–H and O–H groups in total. The van der Waals surface area contributed by atoms with Crippen LogP contribution in [0.1, 0.15) is 88.3 Å². The Bertz CT molecular complexity index is 1950. The molecular formula is C31H34N6O10. The van der Waals surface area contributed by atoms with E-state index in [0.717, 1.165) is 34.4 Å². The number of carboxylic acid groups (broad SMARTS) is 1. The van der Waals surface area contributed by atoms with Crippen molar-refractivity contribution >= 4 is 29.3 Å². The van der Waals surface area contributed by atoms with Crippen molar-refractivity contribution in [1.29, 1.82) is 0 Å². The van der Waals surface area contributed by atoms with Crippen LogP contribution in [0.5, 0.6) is 28.7 Å². The maximum atomic E-state index is 12.7. The molecule has 0 fully saturated rings. The zero-order chi connectivity index (χ0) is 34.4. The highest BCUT2D eigenvalue weighted by molar-refractivity contribution is 6.06. The summed E-state index contributed by atoms with van der Waals surface area (Å²) in [4.78, 5) is 50.5. The Morgan fingerprint density at radius 2 is 1.83 bits per heavy atom. The van der Waals surface area contributed by atoms with Crippen LogP contribution in [0, 0.1) is 0 Å². The lowest BCUT2D eigenvalue weighted by Gasteiger charge is -2.18. The summed E-state index contributed by atoms with van der Waals surface area (Å²) in [5, 5.41) is 37.6. The van der Waals surface area contributed by atoms with Gasteiger partial charge in [-0.15, -0.1) is 5.10 Å². The van der Waals surface area contributed by atoms with Gasteiger partial charge < -0.3 is 35.3 Å². The molecule has 2 aromatic heterocycles. The number of cyclic esters (lactones) is 1. The van der Waals surface area contributed by atoms with Crippen LogP contribution < -0.4 is 20.9 Å². The molecule has 16 heteroatoms. The summed E-state index contributed by atoms with van der Waals surface area (Å²) in [6.07, 6.45) is 7.16. The van der Waals surface area contributed by atoms with Crippen molar-refractivity contribution in [1.82, 2.24) is 24.4 Å². The van der Waals surface area contributed by atoms with Gasteiger partial charge in [-0.3, -0.25) is 4.79 Å². The standard InChI is InChI=1S/C25H28O8.C6H6N6O2/c1-4-6-8-9-15-21(24(28)29)17(26)13-18(27)23(15)32-20-12-14(31-3)11-16-19(10-7-5-2)33-25(30)22(16)20;1-11-6(14)12-2-8-3(4(7)13)5(12)9-10-11/h10-13,26-27H,4-9H2,1-3H3,(H,28,29);2H,1H3,(H2,7,13)/b19-10+;. The van der Waals surface area contributed by atoms with Crippen molar-refractivity contribution in [2.45, 2.75) is 52.4 Å². The first-order valence-electron chi connectivity index (χ1n) is 14.6. The van der Waals surface area contributed by atoms with Crippen LogP contribution in [-0.2, 0) is 18.2 Å². The minimum atomic E-state index is -1.34. The molecule has 47 heavy (non-hydrogen) atoms. The number of hydrogen-bond donors (Lipinski definition) is 4. The van der Waals surface area contributed by atoms with E-state index >= 15 is 0 Å². The van der Waals surface area contributed by atoms with E-state index in [9.17, 15) is 34.5 Å². The minimum Gasteiger partial charge on any atom is -0.507 e. The Morgan fingerprint density at radius 3 is 2.47 bits per heavy atom. The Morgan fingerprint density at radius 1 is 1.09 bits per heavy atom. The van der Waals surface area contributed by atoms with Crippen LogP contribution in [0.3, 0.4) is 0 Å². The minimum absolute atomic E-state index is 0.0586. The first-order valence-corrected chi connectivity index (χ1v) is 14.6. The second-order valence-corrected chi connectivity index (χ2v) is 10.4. The number of carboxylic acids is 1. The number of carbonyl (C=O) groups excluding carboxylic acids is 2. The number of amides is 1. The van der Waals surface area contributed by atoms with Crippen molar-refractivity contribution in [3.63, 3.8) is 0 Å². The molecule has 4 aromatic rings. The average Bonchev–Trinajstić information content (AvgIpc) is 3.61. The number of carbonyl (C=O) groups is 3. The molecule has 3 heterocycles. The fourth-order valence-corrected chi connectivity index (χ4v) is 4.82. The first kappa shape index (κ1) is 34.0. The van der Waals surface area contributed by atoms with Crippen LogP contribution in [0.2, 0.25) is 0 Å². The van der Waals surface area contributed by atoms with Gasteiger partial charge in [0.2, 0.25) is 0 Å². The van der Waals surface area contributed by atoms with Crippen molar-refractivity contribution in [3.05, 3.63) is 69.0 Å². The number of rotatable bonds is 11. The molecule has 1 amide bonds. The number of nitrogens with zero attached hydrogens (tertiary/aromatic N) is 5. The molecule has 5 rings (SSSR count). The maximum Gasteiger partial charge on any atom is 0.352 e. The third kappa shape index (κ3) is 7.00. The first-order chi connectivity index (χ1) is 22.4. The number of aromatic nitrogens is 5. The normalized spacial score (nSPS) is 12.8. The number of phenolic OH excluding ortho intramolecular Hbond substituents is 1. The highest BCUT2D eigenvalue weighted by Crippen LogP contribution is 2.46. The molecular weight excluding hydrogens is 616 g/mol. The number of aryl methyl sites for hydroxylation is 1. The van der Waals surface area contributed by atoms with Gasteiger partial charge in [0.15, 0.2) is 22.8 Å². The second-order valence-electron chi connectivity index (χ2n) is 10.4. The highest BCUT2D eigenvalue weighted by Gasteiger charge is 2.33. The SMILES string of the molecule is CCC/C=C1/OC(=O)c2c(Oc3c(O)cc(O)c(C(=O)O)c3CCCCC)cc(OC)cc21.Cn1nnc2c(C(N)=O)ncn2c1=O. The second kappa shape index (κ2) is 14.4. The average molecular weight is 651 g/mol. The summed E-state index contributed by atoms with van der Waals surface area (Å²) in [6.45, 7) is 4.01. The van der Waals surface area contributed by atoms with E-state index < -0.39 is 35.0 Å². The van der Waals surface area contributed by atoms with Crippen LogP contribution in [0.15, 0.2) is 35.4 Å². The number of nitrogens with two attached hydrogens (primary N) is 1. The molecule has 2 aromatic carbocycles. The van der Waals surface area contributed by atoms with Gasteiger partial charge in [-0.2, -0.15) is 4.68 Å². The lowest BCUT2D eigenvalue weighted by molar-refractivity contribution is 0.0686. The number of ether oxygens (including phenoxy) is 3. The number of hydrogen-bond acceptors (Lipinski definition) is 12. The number of aromatic hydroxyl groups is 2. The highest BCUT2D eigenvalue weighted by atomic mass is 16.5. The van der Waals surface area contributed by atoms with Gasteiger partial charge >= 0.3 is 17.6 Å². The summed E-state index contributed by atoms with van der Waals surface area (Å²) in [7, 11) is 2.91. The summed E-state index contributed by atoms with van der Waals surface area (Å²) in [6, 6.07) is 4.06.